The summed E-state index contributed by atoms with van der Waals surface area (Å²) in [6.45, 7) is 1.14. The number of hydrogen-bond donors (Lipinski definition) is 2. The largest absolute Gasteiger partial charge is 0.394 e. The van der Waals surface area contributed by atoms with Gasteiger partial charge < -0.3 is 20.1 Å². The number of ether oxygens (including phenoxy) is 1. The van der Waals surface area contributed by atoms with E-state index in [4.69, 9.17) is 9.84 Å². The molecule has 0 aromatic carbocycles. The van der Waals surface area contributed by atoms with Gasteiger partial charge in [-0.25, -0.2) is 4.79 Å². The standard InChI is InChI=1S/C12H19N3O5/c16-5-6-20-9-1-3-14(4-2-9)11(18)8-15-10(17)7-13-12(15)19/h9,16H,1-8H2,(H,13,19). The molecule has 2 aliphatic heterocycles. The van der Waals surface area contributed by atoms with Crippen molar-refractivity contribution in [2.45, 2.75) is 18.9 Å². The molecule has 4 amide bonds. The fraction of sp³-hybridized carbons (Fsp3) is 0.750. The van der Waals surface area contributed by atoms with Gasteiger partial charge in [0.15, 0.2) is 0 Å². The number of nitrogens with one attached hydrogen (secondary N) is 1. The van der Waals surface area contributed by atoms with Gasteiger partial charge in [0.05, 0.1) is 25.9 Å². The third-order valence-corrected chi connectivity index (χ3v) is 3.47. The molecule has 2 saturated heterocycles. The molecule has 0 radical (unpaired) electrons. The molecule has 0 saturated carbocycles. The van der Waals surface area contributed by atoms with E-state index < -0.39 is 6.03 Å². The van der Waals surface area contributed by atoms with E-state index in [0.717, 1.165) is 4.90 Å². The molecular weight excluding hydrogens is 266 g/mol. The quantitative estimate of drug-likeness (QED) is 0.601. The number of carbonyl (C=O) groups excluding carboxylic acids is 3. The Morgan fingerprint density at radius 3 is 2.60 bits per heavy atom. The Balaban J connectivity index is 1.77. The molecule has 0 bridgehead atoms. The Kier molecular flexibility index (Phi) is 4.91. The van der Waals surface area contributed by atoms with Gasteiger partial charge in [-0.2, -0.15) is 0 Å². The van der Waals surface area contributed by atoms with E-state index in [-0.39, 0.29) is 37.6 Å². The highest BCUT2D eigenvalue weighted by atomic mass is 16.5. The number of likely N-dealkylation sites (tertiary alicyclic amines) is 1. The molecule has 0 atom stereocenters. The van der Waals surface area contributed by atoms with Gasteiger partial charge >= 0.3 is 6.03 Å². The highest BCUT2D eigenvalue weighted by Gasteiger charge is 2.32. The maximum Gasteiger partial charge on any atom is 0.325 e. The lowest BCUT2D eigenvalue weighted by atomic mass is 10.1. The van der Waals surface area contributed by atoms with Crippen LogP contribution in [-0.2, 0) is 14.3 Å². The fourth-order valence-corrected chi connectivity index (χ4v) is 2.34. The lowest BCUT2D eigenvalue weighted by Gasteiger charge is -2.32. The summed E-state index contributed by atoms with van der Waals surface area (Å²) in [4.78, 5) is 37.4. The topological polar surface area (TPSA) is 99.2 Å². The molecule has 0 aromatic heterocycles. The normalized spacial score (nSPS) is 20.4. The zero-order valence-corrected chi connectivity index (χ0v) is 11.2. The molecule has 8 nitrogen and oxygen atoms in total. The van der Waals surface area contributed by atoms with Crippen LogP contribution in [0.15, 0.2) is 0 Å². The van der Waals surface area contributed by atoms with Gasteiger partial charge in [-0.1, -0.05) is 0 Å². The summed E-state index contributed by atoms with van der Waals surface area (Å²) >= 11 is 0. The minimum atomic E-state index is -0.510. The van der Waals surface area contributed by atoms with Crippen LogP contribution in [0.4, 0.5) is 4.79 Å². The molecule has 0 unspecified atom stereocenters. The number of amides is 4. The lowest BCUT2D eigenvalue weighted by Crippen LogP contribution is -2.47. The Labute approximate surface area is 116 Å². The number of hydrogen-bond acceptors (Lipinski definition) is 5. The van der Waals surface area contributed by atoms with Crippen molar-refractivity contribution in [3.63, 3.8) is 0 Å². The van der Waals surface area contributed by atoms with Crippen molar-refractivity contribution in [3.05, 3.63) is 0 Å². The second kappa shape index (κ2) is 6.67. The smallest absolute Gasteiger partial charge is 0.325 e. The molecule has 0 aliphatic carbocycles. The molecule has 2 aliphatic rings. The monoisotopic (exact) mass is 285 g/mol. The maximum absolute atomic E-state index is 12.0. The second-order valence-corrected chi connectivity index (χ2v) is 4.81. The van der Waals surface area contributed by atoms with Crippen molar-refractivity contribution >= 4 is 17.8 Å². The van der Waals surface area contributed by atoms with Gasteiger partial charge in [0, 0.05) is 13.1 Å². The first-order valence-corrected chi connectivity index (χ1v) is 6.70. The summed E-state index contributed by atoms with van der Waals surface area (Å²) in [5.41, 5.74) is 0. The van der Waals surface area contributed by atoms with Crippen LogP contribution in [0.3, 0.4) is 0 Å². The number of aliphatic hydroxyl groups is 1. The first-order chi connectivity index (χ1) is 9.61. The molecule has 0 spiro atoms. The van der Waals surface area contributed by atoms with E-state index >= 15 is 0 Å². The summed E-state index contributed by atoms with van der Waals surface area (Å²) < 4.78 is 5.41. The van der Waals surface area contributed by atoms with Crippen molar-refractivity contribution in [2.24, 2.45) is 0 Å². The van der Waals surface area contributed by atoms with Crippen molar-refractivity contribution in [1.29, 1.82) is 0 Å². The third-order valence-electron chi connectivity index (χ3n) is 3.47. The van der Waals surface area contributed by atoms with E-state index in [1.54, 1.807) is 4.90 Å². The Morgan fingerprint density at radius 1 is 1.35 bits per heavy atom. The van der Waals surface area contributed by atoms with Crippen LogP contribution in [0.25, 0.3) is 0 Å². The van der Waals surface area contributed by atoms with Crippen LogP contribution in [0.1, 0.15) is 12.8 Å². The van der Waals surface area contributed by atoms with Crippen LogP contribution < -0.4 is 5.32 Å². The maximum atomic E-state index is 12.0. The van der Waals surface area contributed by atoms with Crippen LogP contribution in [-0.4, -0.2) is 78.2 Å². The van der Waals surface area contributed by atoms with Crippen LogP contribution >= 0.6 is 0 Å². The van der Waals surface area contributed by atoms with E-state index in [1.165, 1.54) is 0 Å². The molecular formula is C12H19N3O5. The van der Waals surface area contributed by atoms with Gasteiger partial charge in [0.1, 0.15) is 6.54 Å². The molecule has 2 N–H and O–H groups in total. The molecule has 8 heteroatoms. The first-order valence-electron chi connectivity index (χ1n) is 6.70. The summed E-state index contributed by atoms with van der Waals surface area (Å²) in [5.74, 6) is -0.597. The van der Waals surface area contributed by atoms with E-state index in [9.17, 15) is 14.4 Å². The van der Waals surface area contributed by atoms with Crippen LogP contribution in [0.5, 0.6) is 0 Å². The first kappa shape index (κ1) is 14.7. The molecule has 2 rings (SSSR count). The van der Waals surface area contributed by atoms with Gasteiger partial charge in [0.2, 0.25) is 5.91 Å². The fourth-order valence-electron chi connectivity index (χ4n) is 2.34. The van der Waals surface area contributed by atoms with E-state index in [0.29, 0.717) is 32.5 Å². The average molecular weight is 285 g/mol. The predicted octanol–water partition coefficient (Wildman–Crippen LogP) is -1.46. The Morgan fingerprint density at radius 2 is 2.05 bits per heavy atom. The zero-order valence-electron chi connectivity index (χ0n) is 11.2. The molecule has 2 fully saturated rings. The summed E-state index contributed by atoms with van der Waals surface area (Å²) in [5, 5.41) is 11.1. The number of carbonyl (C=O) groups is 3. The van der Waals surface area contributed by atoms with E-state index in [2.05, 4.69) is 5.32 Å². The van der Waals surface area contributed by atoms with Gasteiger partial charge in [0.25, 0.3) is 5.91 Å². The Hall–Kier alpha value is -1.67. The predicted molar refractivity (Wildman–Crippen MR) is 67.8 cm³/mol. The highest BCUT2D eigenvalue weighted by Crippen LogP contribution is 2.14. The second-order valence-electron chi connectivity index (χ2n) is 4.81. The van der Waals surface area contributed by atoms with Crippen molar-refractivity contribution in [3.8, 4) is 0 Å². The van der Waals surface area contributed by atoms with Crippen LogP contribution in [0.2, 0.25) is 0 Å². The molecule has 0 aromatic rings. The molecule has 2 heterocycles. The van der Waals surface area contributed by atoms with Crippen molar-refractivity contribution in [1.82, 2.24) is 15.1 Å². The number of rotatable bonds is 5. The van der Waals surface area contributed by atoms with Crippen molar-refractivity contribution in [2.75, 3.05) is 39.4 Å². The number of nitrogens with zero attached hydrogens (tertiary/aromatic N) is 2. The SMILES string of the molecule is O=C(CN1C(=O)CNC1=O)N1CCC(OCCO)CC1. The number of piperidine rings is 1. The number of imide groups is 1. The van der Waals surface area contributed by atoms with Gasteiger partial charge in [-0.05, 0) is 12.8 Å². The highest BCUT2D eigenvalue weighted by molar-refractivity contribution is 6.04. The minimum absolute atomic E-state index is 0.00860. The van der Waals surface area contributed by atoms with Crippen LogP contribution in [0, 0.1) is 0 Å². The average Bonchev–Trinajstić information content (AvgIpc) is 2.77. The third kappa shape index (κ3) is 3.45. The Bertz CT molecular complexity index is 377. The van der Waals surface area contributed by atoms with Gasteiger partial charge in [-0.3, -0.25) is 14.5 Å². The minimum Gasteiger partial charge on any atom is -0.394 e. The van der Waals surface area contributed by atoms with Crippen molar-refractivity contribution < 1.29 is 24.2 Å². The summed E-state index contributed by atoms with van der Waals surface area (Å²) in [6, 6.07) is -0.510. The lowest BCUT2D eigenvalue weighted by molar-refractivity contribution is -0.138. The number of aliphatic hydroxyl groups excluding tert-OH is 1. The summed E-state index contributed by atoms with van der Waals surface area (Å²) in [7, 11) is 0. The molecule has 20 heavy (non-hydrogen) atoms. The summed E-state index contributed by atoms with van der Waals surface area (Å²) in [6.07, 6.45) is 1.46. The van der Waals surface area contributed by atoms with Gasteiger partial charge in [-0.15, -0.1) is 0 Å². The van der Waals surface area contributed by atoms with E-state index in [1.807, 2.05) is 0 Å². The number of urea groups is 1. The zero-order chi connectivity index (χ0) is 14.5. The molecule has 112 valence electrons.